The Balaban J connectivity index is 1.92. The third kappa shape index (κ3) is 2.28. The van der Waals surface area contributed by atoms with Crippen LogP contribution in [0.5, 0.6) is 0 Å². The minimum atomic E-state index is -0.921. The van der Waals surface area contributed by atoms with Gasteiger partial charge in [-0.3, -0.25) is 0 Å². The zero-order valence-corrected chi connectivity index (χ0v) is 5.55. The molecule has 0 amide bonds. The summed E-state index contributed by atoms with van der Waals surface area (Å²) in [5.74, 6) is -0.921. The Hall–Kier alpha value is -0.160. The van der Waals surface area contributed by atoms with Crippen LogP contribution in [0, 0.1) is 0 Å². The van der Waals surface area contributed by atoms with Crippen molar-refractivity contribution in [2.45, 2.75) is 26.2 Å². The van der Waals surface area contributed by atoms with Crippen molar-refractivity contribution in [2.24, 2.45) is 0 Å². The lowest BCUT2D eigenvalue weighted by Gasteiger charge is -1.99. The average molecular weight is 134 g/mol. The highest BCUT2D eigenvalue weighted by molar-refractivity contribution is 4.44. The maximum absolute atomic E-state index is 4.66. The van der Waals surface area contributed by atoms with E-state index >= 15 is 0 Å². The molecule has 0 N–H and O–H groups in total. The Labute approximate surface area is 53.5 Å². The molecule has 0 aromatic heterocycles. The van der Waals surface area contributed by atoms with Gasteiger partial charge in [-0.05, 0) is 6.42 Å². The second kappa shape index (κ2) is 2.62. The molecule has 1 saturated heterocycles. The summed E-state index contributed by atoms with van der Waals surface area (Å²) < 4.78 is 0. The van der Waals surface area contributed by atoms with Gasteiger partial charge in [0, 0.05) is 6.92 Å². The molecule has 0 unspecified atom stereocenters. The summed E-state index contributed by atoms with van der Waals surface area (Å²) in [6.07, 6.45) is 0.913. The molecule has 0 bridgehead atoms. The molecule has 1 rings (SSSR count). The van der Waals surface area contributed by atoms with Gasteiger partial charge in [-0.25, -0.2) is 4.89 Å². The highest BCUT2D eigenvalue weighted by Crippen LogP contribution is 2.29. The van der Waals surface area contributed by atoms with Crippen LogP contribution in [-0.2, 0) is 19.6 Å². The normalized spacial score (nSPS) is 22.0. The molecular formula is C5H10O4. The molecule has 1 aliphatic heterocycles. The van der Waals surface area contributed by atoms with E-state index in [0.717, 1.165) is 6.42 Å². The van der Waals surface area contributed by atoms with E-state index in [4.69, 9.17) is 0 Å². The molecule has 1 fully saturated rings. The van der Waals surface area contributed by atoms with Crippen molar-refractivity contribution in [2.75, 3.05) is 6.61 Å². The van der Waals surface area contributed by atoms with Crippen molar-refractivity contribution in [3.63, 3.8) is 0 Å². The van der Waals surface area contributed by atoms with Crippen LogP contribution in [0.15, 0.2) is 0 Å². The molecule has 1 aliphatic rings. The third-order valence-corrected chi connectivity index (χ3v) is 0.816. The maximum atomic E-state index is 4.66. The summed E-state index contributed by atoms with van der Waals surface area (Å²) >= 11 is 0. The summed E-state index contributed by atoms with van der Waals surface area (Å²) in [5, 5.41) is 0. The van der Waals surface area contributed by atoms with Gasteiger partial charge in [-0.1, -0.05) is 6.92 Å². The first-order chi connectivity index (χ1) is 4.27. The van der Waals surface area contributed by atoms with Crippen LogP contribution in [0.1, 0.15) is 20.3 Å². The Morgan fingerprint density at radius 3 is 2.56 bits per heavy atom. The quantitative estimate of drug-likeness (QED) is 0.249. The topological polar surface area (TPSA) is 43.5 Å². The standard InChI is InChI=1S/C5H10O4/c1-3-4-6-7-5(2)8-9-5/h3-4H2,1-2H3. The molecule has 0 aromatic carbocycles. The molecule has 0 aliphatic carbocycles. The molecule has 4 heteroatoms. The van der Waals surface area contributed by atoms with E-state index in [2.05, 4.69) is 19.6 Å². The maximum Gasteiger partial charge on any atom is 0.363 e. The van der Waals surface area contributed by atoms with Crippen LogP contribution in [0.25, 0.3) is 0 Å². The summed E-state index contributed by atoms with van der Waals surface area (Å²) in [6.45, 7) is 4.17. The SMILES string of the molecule is CCCOOC1(C)OO1. The minimum Gasteiger partial charge on any atom is -0.231 e. The van der Waals surface area contributed by atoms with E-state index in [-0.39, 0.29) is 0 Å². The summed E-state index contributed by atoms with van der Waals surface area (Å²) in [5.41, 5.74) is 0. The molecule has 54 valence electrons. The Bertz CT molecular complexity index is 89.0. The van der Waals surface area contributed by atoms with Crippen LogP contribution < -0.4 is 0 Å². The van der Waals surface area contributed by atoms with E-state index in [1.54, 1.807) is 6.92 Å². The molecule has 9 heavy (non-hydrogen) atoms. The number of hydrogen-bond acceptors (Lipinski definition) is 4. The van der Waals surface area contributed by atoms with E-state index in [9.17, 15) is 0 Å². The lowest BCUT2D eigenvalue weighted by Crippen LogP contribution is -2.10. The fourth-order valence-corrected chi connectivity index (χ4v) is 0.318. The summed E-state index contributed by atoms with van der Waals surface area (Å²) in [7, 11) is 0. The fraction of sp³-hybridized carbons (Fsp3) is 1.00. The molecule has 1 heterocycles. The highest BCUT2D eigenvalue weighted by Gasteiger charge is 2.47. The average Bonchev–Trinajstić information content (AvgIpc) is 2.50. The van der Waals surface area contributed by atoms with Crippen molar-refractivity contribution in [3.05, 3.63) is 0 Å². The second-order valence-electron chi connectivity index (χ2n) is 1.93. The molecule has 0 aromatic rings. The van der Waals surface area contributed by atoms with Gasteiger partial charge in [-0.15, -0.1) is 0 Å². The van der Waals surface area contributed by atoms with Crippen molar-refractivity contribution in [1.82, 2.24) is 0 Å². The molecule has 0 radical (unpaired) electrons. The Morgan fingerprint density at radius 1 is 1.44 bits per heavy atom. The lowest BCUT2D eigenvalue weighted by molar-refractivity contribution is -0.361. The van der Waals surface area contributed by atoms with Crippen LogP contribution >= 0.6 is 0 Å². The van der Waals surface area contributed by atoms with Crippen molar-refractivity contribution < 1.29 is 19.6 Å². The zero-order chi connectivity index (χ0) is 6.74. The largest absolute Gasteiger partial charge is 0.363 e. The third-order valence-electron chi connectivity index (χ3n) is 0.816. The predicted octanol–water partition coefficient (Wildman–Crippen LogP) is 0.980. The van der Waals surface area contributed by atoms with Crippen molar-refractivity contribution >= 4 is 0 Å². The smallest absolute Gasteiger partial charge is 0.231 e. The van der Waals surface area contributed by atoms with E-state index in [1.165, 1.54) is 0 Å². The van der Waals surface area contributed by atoms with E-state index in [0.29, 0.717) is 6.61 Å². The molecule has 0 spiro atoms. The van der Waals surface area contributed by atoms with Crippen LogP contribution in [0.4, 0.5) is 0 Å². The monoisotopic (exact) mass is 134 g/mol. The predicted molar refractivity (Wildman–Crippen MR) is 27.9 cm³/mol. The number of rotatable bonds is 4. The zero-order valence-electron chi connectivity index (χ0n) is 5.55. The van der Waals surface area contributed by atoms with Gasteiger partial charge in [-0.2, -0.15) is 14.7 Å². The van der Waals surface area contributed by atoms with Crippen LogP contribution in [0.3, 0.4) is 0 Å². The van der Waals surface area contributed by atoms with Gasteiger partial charge >= 0.3 is 5.97 Å². The first-order valence-corrected chi connectivity index (χ1v) is 2.94. The minimum absolute atomic E-state index is 0.558. The van der Waals surface area contributed by atoms with Gasteiger partial charge in [0.1, 0.15) is 0 Å². The van der Waals surface area contributed by atoms with Gasteiger partial charge in [0.15, 0.2) is 0 Å². The lowest BCUT2D eigenvalue weighted by atomic mass is 10.5. The van der Waals surface area contributed by atoms with E-state index < -0.39 is 5.97 Å². The van der Waals surface area contributed by atoms with Crippen molar-refractivity contribution in [1.29, 1.82) is 0 Å². The van der Waals surface area contributed by atoms with Crippen molar-refractivity contribution in [3.8, 4) is 0 Å². The Morgan fingerprint density at radius 2 is 2.11 bits per heavy atom. The van der Waals surface area contributed by atoms with Crippen LogP contribution in [-0.4, -0.2) is 12.6 Å². The summed E-state index contributed by atoms with van der Waals surface area (Å²) in [4.78, 5) is 18.1. The first-order valence-electron chi connectivity index (χ1n) is 2.94. The Kier molecular flexibility index (Phi) is 2.02. The molecule has 0 atom stereocenters. The first kappa shape index (κ1) is 6.95. The fourth-order valence-electron chi connectivity index (χ4n) is 0.318. The second-order valence-corrected chi connectivity index (χ2v) is 1.93. The van der Waals surface area contributed by atoms with Gasteiger partial charge in [0.2, 0.25) is 0 Å². The number of hydrogen-bond donors (Lipinski definition) is 0. The highest BCUT2D eigenvalue weighted by atomic mass is 17.5. The van der Waals surface area contributed by atoms with Crippen LogP contribution in [0.2, 0.25) is 0 Å². The molecule has 0 saturated carbocycles. The van der Waals surface area contributed by atoms with Gasteiger partial charge in [0.25, 0.3) is 0 Å². The molecule has 4 nitrogen and oxygen atoms in total. The van der Waals surface area contributed by atoms with Gasteiger partial charge < -0.3 is 0 Å². The van der Waals surface area contributed by atoms with E-state index in [1.807, 2.05) is 6.92 Å². The summed E-state index contributed by atoms with van der Waals surface area (Å²) in [6, 6.07) is 0. The molecular weight excluding hydrogens is 124 g/mol. The van der Waals surface area contributed by atoms with Gasteiger partial charge in [0.05, 0.1) is 6.61 Å².